The van der Waals surface area contributed by atoms with Crippen LogP contribution in [0.15, 0.2) is 24.4 Å². The van der Waals surface area contributed by atoms with Crippen molar-refractivity contribution in [3.8, 4) is 0 Å². The summed E-state index contributed by atoms with van der Waals surface area (Å²) in [5.74, 6) is 0. The maximum Gasteiger partial charge on any atom is 0.188 e. The zero-order chi connectivity index (χ0) is 13.8. The molecule has 19 heavy (non-hydrogen) atoms. The van der Waals surface area contributed by atoms with Gasteiger partial charge in [0, 0.05) is 17.9 Å². The summed E-state index contributed by atoms with van der Waals surface area (Å²) in [6, 6.07) is 7.23. The summed E-state index contributed by atoms with van der Waals surface area (Å²) >= 11 is 0. The monoisotopic (exact) mass is 286 g/mol. The molecule has 1 atom stereocenters. The third-order valence-electron chi connectivity index (χ3n) is 4.84. The number of nitrogens with zero attached hydrogens (tertiary/aromatic N) is 1. The van der Waals surface area contributed by atoms with Crippen LogP contribution >= 0.6 is 0 Å². The van der Waals surface area contributed by atoms with Gasteiger partial charge in [-0.25, -0.2) is 4.57 Å². The molecule has 3 rings (SSSR count). The topological polar surface area (TPSA) is 3.88 Å². The third-order valence-corrected chi connectivity index (χ3v) is 15.1. The Bertz CT molecular complexity index is 661. The highest BCUT2D eigenvalue weighted by Crippen LogP contribution is 2.24. The van der Waals surface area contributed by atoms with Crippen LogP contribution in [0.1, 0.15) is 12.6 Å². The molecule has 1 aliphatic heterocycles. The lowest BCUT2D eigenvalue weighted by Gasteiger charge is -2.19. The van der Waals surface area contributed by atoms with Gasteiger partial charge in [0.2, 0.25) is 0 Å². The number of benzene rings is 1. The molecule has 0 bridgehead atoms. The van der Waals surface area contributed by atoms with Crippen molar-refractivity contribution in [3.63, 3.8) is 0 Å². The zero-order valence-electron chi connectivity index (χ0n) is 12.7. The normalized spacial score (nSPS) is 20.8. The predicted octanol–water partition coefficient (Wildman–Crippen LogP) is 1.76. The van der Waals surface area contributed by atoms with Crippen LogP contribution in [-0.4, -0.2) is 16.9 Å². The van der Waals surface area contributed by atoms with Crippen molar-refractivity contribution in [2.75, 3.05) is 0 Å². The Morgan fingerprint density at radius 3 is 2.63 bits per heavy atom. The number of aryl methyl sites for hydroxylation is 2. The fourth-order valence-corrected chi connectivity index (χ4v) is 16.7. The Kier molecular flexibility index (Phi) is 2.95. The highest BCUT2D eigenvalue weighted by Gasteiger charge is 2.38. The molecular weight excluding hydrogens is 262 g/mol. The van der Waals surface area contributed by atoms with Crippen LogP contribution in [0.5, 0.6) is 0 Å². The second-order valence-corrected chi connectivity index (χ2v) is 15.0. The van der Waals surface area contributed by atoms with E-state index in [-0.39, 0.29) is 0 Å². The van der Waals surface area contributed by atoms with Crippen LogP contribution in [0.3, 0.4) is 0 Å². The van der Waals surface area contributed by atoms with E-state index < -0.39 is 16.9 Å². The van der Waals surface area contributed by atoms with Crippen LogP contribution in [-0.2, 0) is 13.5 Å². The van der Waals surface area contributed by atoms with E-state index in [1.54, 1.807) is 21.4 Å². The van der Waals surface area contributed by atoms with Crippen molar-refractivity contribution < 1.29 is 4.57 Å². The van der Waals surface area contributed by atoms with Gasteiger partial charge in [-0.05, 0) is 11.5 Å². The highest BCUT2D eigenvalue weighted by molar-refractivity contribution is 7.08. The van der Waals surface area contributed by atoms with Gasteiger partial charge >= 0.3 is 0 Å². The van der Waals surface area contributed by atoms with Crippen molar-refractivity contribution in [1.82, 2.24) is 0 Å². The molecule has 0 aliphatic carbocycles. The molecule has 2 heterocycles. The van der Waals surface area contributed by atoms with Gasteiger partial charge in [-0.3, -0.25) is 0 Å². The van der Waals surface area contributed by atoms with Crippen molar-refractivity contribution >= 4 is 38.0 Å². The van der Waals surface area contributed by atoms with Gasteiger partial charge in [0.25, 0.3) is 0 Å². The summed E-state index contributed by atoms with van der Waals surface area (Å²) in [7, 11) is 0.322. The van der Waals surface area contributed by atoms with Crippen LogP contribution in [0, 0.1) is 0 Å². The molecule has 3 heteroatoms. The molecule has 0 radical (unpaired) electrons. The molecule has 2 aromatic rings. The first-order valence-electron chi connectivity index (χ1n) is 7.40. The lowest BCUT2D eigenvalue weighted by atomic mass is 10.1. The standard InChI is InChI=1S/C16H24NSi2/c1-6-14-12-7-8-15-16(13(12)9-10-17(14)2)19(4,5)11-18(15)3/h7-10,18H,6,11H2,1-5H3/q+1. The van der Waals surface area contributed by atoms with Gasteiger partial charge in [0.15, 0.2) is 11.9 Å². The van der Waals surface area contributed by atoms with Gasteiger partial charge in [0.1, 0.15) is 7.05 Å². The van der Waals surface area contributed by atoms with Crippen LogP contribution < -0.4 is 14.9 Å². The molecule has 1 nitrogen and oxygen atoms in total. The van der Waals surface area contributed by atoms with Gasteiger partial charge in [-0.2, -0.15) is 0 Å². The molecule has 1 aliphatic rings. The fourth-order valence-electron chi connectivity index (χ4n) is 4.11. The summed E-state index contributed by atoms with van der Waals surface area (Å²) in [6.45, 7) is 9.94. The van der Waals surface area contributed by atoms with E-state index >= 15 is 0 Å². The van der Waals surface area contributed by atoms with E-state index in [4.69, 9.17) is 0 Å². The fraction of sp³-hybridized carbons (Fsp3) is 0.438. The first kappa shape index (κ1) is 13.1. The SMILES string of the molecule is CCc1c2ccc3c(c2cc[n+]1C)[Si](C)(C)C[SiH]3C. The lowest BCUT2D eigenvalue weighted by molar-refractivity contribution is -0.677. The molecule has 1 unspecified atom stereocenters. The van der Waals surface area contributed by atoms with Gasteiger partial charge in [-0.1, -0.05) is 48.7 Å². The van der Waals surface area contributed by atoms with Crippen LogP contribution in [0.25, 0.3) is 10.8 Å². The maximum absolute atomic E-state index is 2.57. The summed E-state index contributed by atoms with van der Waals surface area (Å²) in [6.07, 6.45) is 3.37. The van der Waals surface area contributed by atoms with Crippen LogP contribution in [0.2, 0.25) is 25.3 Å². The summed E-state index contributed by atoms with van der Waals surface area (Å²) < 4.78 is 2.29. The van der Waals surface area contributed by atoms with E-state index in [9.17, 15) is 0 Å². The minimum absolute atomic E-state index is 0.662. The maximum atomic E-state index is 2.57. The van der Waals surface area contributed by atoms with Crippen molar-refractivity contribution in [3.05, 3.63) is 30.1 Å². The van der Waals surface area contributed by atoms with Gasteiger partial charge < -0.3 is 0 Å². The average molecular weight is 287 g/mol. The minimum atomic E-state index is -1.19. The number of hydrogen-bond donors (Lipinski definition) is 0. The first-order valence-corrected chi connectivity index (χ1v) is 13.2. The average Bonchev–Trinajstić information content (AvgIpc) is 2.59. The van der Waals surface area contributed by atoms with Crippen molar-refractivity contribution in [2.45, 2.75) is 38.7 Å². The Morgan fingerprint density at radius 2 is 1.95 bits per heavy atom. The Balaban J connectivity index is 2.42. The van der Waals surface area contributed by atoms with E-state index in [2.05, 4.69) is 62.6 Å². The second-order valence-electron chi connectivity index (χ2n) is 6.71. The van der Waals surface area contributed by atoms with Crippen molar-refractivity contribution in [2.24, 2.45) is 7.05 Å². The number of fused-ring (bicyclic) bond motifs is 3. The summed E-state index contributed by atoms with van der Waals surface area (Å²) in [4.78, 5) is 0. The second kappa shape index (κ2) is 4.28. The highest BCUT2D eigenvalue weighted by atomic mass is 28.4. The minimum Gasteiger partial charge on any atom is -0.205 e. The molecule has 0 saturated heterocycles. The largest absolute Gasteiger partial charge is 0.205 e. The molecule has 1 aromatic heterocycles. The molecule has 1 aromatic carbocycles. The lowest BCUT2D eigenvalue weighted by Crippen LogP contribution is -2.43. The Hall–Kier alpha value is -0.936. The van der Waals surface area contributed by atoms with Crippen molar-refractivity contribution in [1.29, 1.82) is 0 Å². The number of pyridine rings is 1. The molecule has 0 fully saturated rings. The Labute approximate surface area is 118 Å². The quantitative estimate of drug-likeness (QED) is 0.556. The molecule has 0 spiro atoms. The number of rotatable bonds is 1. The molecular formula is C16H24NSi2+. The molecule has 0 amide bonds. The van der Waals surface area contributed by atoms with Gasteiger partial charge in [-0.15, -0.1) is 0 Å². The zero-order valence-corrected chi connectivity index (χ0v) is 14.9. The van der Waals surface area contributed by atoms with Crippen LogP contribution in [0.4, 0.5) is 0 Å². The first-order chi connectivity index (χ1) is 8.95. The third kappa shape index (κ3) is 1.82. The number of aromatic nitrogens is 1. The van der Waals surface area contributed by atoms with E-state index in [0.29, 0.717) is 0 Å². The number of hydrogen-bond acceptors (Lipinski definition) is 0. The van der Waals surface area contributed by atoms with E-state index in [1.165, 1.54) is 11.1 Å². The van der Waals surface area contributed by atoms with E-state index in [1.807, 2.05) is 0 Å². The summed E-state index contributed by atoms with van der Waals surface area (Å²) in [5, 5.41) is 6.62. The predicted molar refractivity (Wildman–Crippen MR) is 89.1 cm³/mol. The smallest absolute Gasteiger partial charge is 0.188 e. The summed E-state index contributed by atoms with van der Waals surface area (Å²) in [5.41, 5.74) is 3.02. The van der Waals surface area contributed by atoms with Gasteiger partial charge in [0.05, 0.1) is 16.9 Å². The molecule has 0 saturated carbocycles. The molecule has 100 valence electrons. The van der Waals surface area contributed by atoms with E-state index in [0.717, 1.165) is 6.42 Å². The Morgan fingerprint density at radius 1 is 1.21 bits per heavy atom. The molecule has 0 N–H and O–H groups in total.